The van der Waals surface area contributed by atoms with E-state index in [1.807, 2.05) is 24.3 Å². The number of hydrogen-bond acceptors (Lipinski definition) is 4. The number of carbonyl (C=O) groups excluding carboxylic acids is 3. The van der Waals surface area contributed by atoms with Crippen molar-refractivity contribution in [2.75, 3.05) is 17.7 Å². The molecule has 0 unspecified atom stereocenters. The fourth-order valence-corrected chi connectivity index (χ4v) is 6.41. The van der Waals surface area contributed by atoms with E-state index in [4.69, 9.17) is 39.5 Å². The second-order valence-electron chi connectivity index (χ2n) is 11.5. The smallest absolute Gasteiger partial charge is 0.328 e. The third-order valence-corrected chi connectivity index (χ3v) is 8.65. The van der Waals surface area contributed by atoms with Crippen LogP contribution in [0.3, 0.4) is 0 Å². The van der Waals surface area contributed by atoms with Gasteiger partial charge < -0.3 is 20.7 Å². The highest BCUT2D eigenvalue weighted by Gasteiger charge is 2.37. The summed E-state index contributed by atoms with van der Waals surface area (Å²) in [6, 6.07) is 12.3. The lowest BCUT2D eigenvalue weighted by Crippen LogP contribution is -2.48. The first-order chi connectivity index (χ1) is 19.4. The fourth-order valence-electron chi connectivity index (χ4n) is 5.49. The van der Waals surface area contributed by atoms with Gasteiger partial charge in [0.05, 0.1) is 34.1 Å². The van der Waals surface area contributed by atoms with E-state index in [0.29, 0.717) is 10.9 Å². The van der Waals surface area contributed by atoms with E-state index in [0.717, 1.165) is 36.5 Å². The van der Waals surface area contributed by atoms with E-state index in [2.05, 4.69) is 36.7 Å². The molecule has 7 nitrogen and oxygen atoms in total. The van der Waals surface area contributed by atoms with Crippen LogP contribution in [0.25, 0.3) is 10.8 Å². The average molecular weight is 619 g/mol. The number of urea groups is 1. The normalized spacial score (nSPS) is 17.9. The van der Waals surface area contributed by atoms with Gasteiger partial charge in [0.15, 0.2) is 0 Å². The molecule has 0 aromatic heterocycles. The van der Waals surface area contributed by atoms with Crippen molar-refractivity contribution in [2.45, 2.75) is 52.5 Å². The summed E-state index contributed by atoms with van der Waals surface area (Å²) in [7, 11) is 1.32. The van der Waals surface area contributed by atoms with E-state index in [9.17, 15) is 14.4 Å². The average Bonchev–Trinajstić information content (AvgIpc) is 2.92. The van der Waals surface area contributed by atoms with E-state index in [-0.39, 0.29) is 38.3 Å². The predicted molar refractivity (Wildman–Crippen MR) is 166 cm³/mol. The molecule has 10 heteroatoms. The van der Waals surface area contributed by atoms with E-state index in [1.54, 1.807) is 12.1 Å². The number of fused-ring (bicyclic) bond motifs is 1. The SMILES string of the molecule is COC(=O)[C@@H](NC(=O)c1cc2ccccc2cc1NC(=O)Nc1c(Cl)cc(Cl)cc1Cl)C1CCC(C(C)(C)C)CC1. The number of halogens is 3. The third kappa shape index (κ3) is 7.45. The molecule has 218 valence electrons. The molecule has 0 aliphatic heterocycles. The van der Waals surface area contributed by atoms with E-state index >= 15 is 0 Å². The second-order valence-corrected chi connectivity index (χ2v) is 12.8. The van der Waals surface area contributed by atoms with Crippen molar-refractivity contribution in [1.29, 1.82) is 0 Å². The molecule has 0 spiro atoms. The molecule has 1 atom stereocenters. The summed E-state index contributed by atoms with van der Waals surface area (Å²) in [6.45, 7) is 6.70. The Morgan fingerprint density at radius 3 is 2.02 bits per heavy atom. The number of hydrogen-bond donors (Lipinski definition) is 3. The highest BCUT2D eigenvalue weighted by molar-refractivity contribution is 6.42. The molecule has 4 rings (SSSR count). The van der Waals surface area contributed by atoms with Crippen LogP contribution < -0.4 is 16.0 Å². The monoisotopic (exact) mass is 617 g/mol. The molecule has 1 saturated carbocycles. The van der Waals surface area contributed by atoms with Gasteiger partial charge in [0.1, 0.15) is 6.04 Å². The van der Waals surface area contributed by atoms with Crippen LogP contribution in [-0.2, 0) is 9.53 Å². The van der Waals surface area contributed by atoms with E-state index in [1.165, 1.54) is 19.2 Å². The van der Waals surface area contributed by atoms with Crippen LogP contribution in [0.5, 0.6) is 0 Å². The lowest BCUT2D eigenvalue weighted by molar-refractivity contribution is -0.144. The van der Waals surface area contributed by atoms with Gasteiger partial charge >= 0.3 is 12.0 Å². The minimum Gasteiger partial charge on any atom is -0.467 e. The van der Waals surface area contributed by atoms with Crippen molar-refractivity contribution >= 4 is 74.9 Å². The number of carbonyl (C=O) groups is 3. The zero-order chi connectivity index (χ0) is 29.9. The number of rotatable bonds is 6. The summed E-state index contributed by atoms with van der Waals surface area (Å²) < 4.78 is 5.09. The molecule has 1 aliphatic carbocycles. The molecule has 0 radical (unpaired) electrons. The molecule has 3 aromatic rings. The fraction of sp³-hybridized carbons (Fsp3) is 0.387. The number of benzene rings is 3. The number of anilines is 2. The predicted octanol–water partition coefficient (Wildman–Crippen LogP) is 8.57. The topological polar surface area (TPSA) is 96.5 Å². The van der Waals surface area contributed by atoms with Gasteiger partial charge in [-0.25, -0.2) is 9.59 Å². The van der Waals surface area contributed by atoms with Crippen LogP contribution in [0.15, 0.2) is 48.5 Å². The number of methoxy groups -OCH3 is 1. The number of amides is 3. The Morgan fingerprint density at radius 1 is 0.878 bits per heavy atom. The summed E-state index contributed by atoms with van der Waals surface area (Å²) in [5.41, 5.74) is 0.810. The first-order valence-corrected chi connectivity index (χ1v) is 14.6. The van der Waals surface area contributed by atoms with Crippen molar-refractivity contribution in [1.82, 2.24) is 5.32 Å². The quantitative estimate of drug-likeness (QED) is 0.241. The Hall–Kier alpha value is -3.00. The zero-order valence-electron chi connectivity index (χ0n) is 23.4. The van der Waals surface area contributed by atoms with Crippen LogP contribution in [-0.4, -0.2) is 31.1 Å². The summed E-state index contributed by atoms with van der Waals surface area (Å²) in [4.78, 5) is 39.7. The van der Waals surface area contributed by atoms with Crippen molar-refractivity contribution in [2.24, 2.45) is 17.3 Å². The summed E-state index contributed by atoms with van der Waals surface area (Å²) in [5.74, 6) is -0.496. The molecular weight excluding hydrogens is 585 g/mol. The van der Waals surface area contributed by atoms with Crippen molar-refractivity contribution in [3.8, 4) is 0 Å². The van der Waals surface area contributed by atoms with E-state index < -0.39 is 23.9 Å². The first kappa shape index (κ1) is 30.9. The highest BCUT2D eigenvalue weighted by atomic mass is 35.5. The van der Waals surface area contributed by atoms with Crippen LogP contribution in [0, 0.1) is 17.3 Å². The first-order valence-electron chi connectivity index (χ1n) is 13.5. The highest BCUT2D eigenvalue weighted by Crippen LogP contribution is 2.41. The van der Waals surface area contributed by atoms with Gasteiger partial charge in [-0.15, -0.1) is 0 Å². The molecule has 3 N–H and O–H groups in total. The zero-order valence-corrected chi connectivity index (χ0v) is 25.7. The second kappa shape index (κ2) is 12.9. The minimum absolute atomic E-state index is 0.0562. The van der Waals surface area contributed by atoms with Crippen molar-refractivity contribution in [3.63, 3.8) is 0 Å². The maximum atomic E-state index is 13.7. The summed E-state index contributed by atoms with van der Waals surface area (Å²) in [5, 5.41) is 10.5. The Labute approximate surface area is 255 Å². The number of esters is 1. The molecule has 0 saturated heterocycles. The molecular formula is C31H34Cl3N3O4. The maximum absolute atomic E-state index is 13.7. The van der Waals surface area contributed by atoms with Gasteiger partial charge in [-0.1, -0.05) is 79.8 Å². The Balaban J connectivity index is 1.60. The largest absolute Gasteiger partial charge is 0.467 e. The molecule has 1 aliphatic rings. The van der Waals surface area contributed by atoms with Crippen molar-refractivity contribution in [3.05, 3.63) is 69.2 Å². The van der Waals surface area contributed by atoms with Gasteiger partial charge in [0.2, 0.25) is 0 Å². The summed E-state index contributed by atoms with van der Waals surface area (Å²) in [6.07, 6.45) is 3.54. The molecule has 0 bridgehead atoms. The van der Waals surface area contributed by atoms with Crippen LogP contribution >= 0.6 is 34.8 Å². The van der Waals surface area contributed by atoms with Gasteiger partial charge in [0.25, 0.3) is 5.91 Å². The van der Waals surface area contributed by atoms with Crippen molar-refractivity contribution < 1.29 is 19.1 Å². The van der Waals surface area contributed by atoms with Gasteiger partial charge in [-0.3, -0.25) is 4.79 Å². The molecule has 1 fully saturated rings. The minimum atomic E-state index is -0.812. The molecule has 0 heterocycles. The number of nitrogens with one attached hydrogen (secondary N) is 3. The van der Waals surface area contributed by atoms with Crippen LogP contribution in [0.1, 0.15) is 56.8 Å². The summed E-state index contributed by atoms with van der Waals surface area (Å²) >= 11 is 18.4. The third-order valence-electron chi connectivity index (χ3n) is 7.83. The molecule has 3 aromatic carbocycles. The molecule has 3 amide bonds. The molecule has 41 heavy (non-hydrogen) atoms. The van der Waals surface area contributed by atoms with Crippen LogP contribution in [0.4, 0.5) is 16.2 Å². The van der Waals surface area contributed by atoms with Gasteiger partial charge in [-0.2, -0.15) is 0 Å². The lowest BCUT2D eigenvalue weighted by atomic mass is 9.68. The Morgan fingerprint density at radius 2 is 1.46 bits per heavy atom. The lowest BCUT2D eigenvalue weighted by Gasteiger charge is -2.38. The van der Waals surface area contributed by atoms with Gasteiger partial charge in [0, 0.05) is 5.02 Å². The van der Waals surface area contributed by atoms with Crippen LogP contribution in [0.2, 0.25) is 15.1 Å². The Bertz CT molecular complexity index is 1440. The number of ether oxygens (including phenoxy) is 1. The maximum Gasteiger partial charge on any atom is 0.328 e. The van der Waals surface area contributed by atoms with Gasteiger partial charge in [-0.05, 0) is 78.0 Å². The standard InChI is InChI=1S/C31H34Cl3N3O4/c1-31(2,3)20-11-9-17(10-12-20)26(29(39)41-4)36-28(38)22-13-18-7-5-6-8-19(18)14-25(22)35-30(40)37-27-23(33)15-21(32)16-24(27)34/h5-8,13-17,20,26H,9-12H2,1-4H3,(H,36,38)(H2,35,37,40)/t17?,20?,26-/m0/s1. The Kier molecular flexibility index (Phi) is 9.73.